The molecule has 240 valence electrons. The van der Waals surface area contributed by atoms with Crippen LogP contribution in [0.1, 0.15) is 31.7 Å². The van der Waals surface area contributed by atoms with Crippen LogP contribution in [-0.4, -0.2) is 67.8 Å². The standard InChI is InChI=1S/C32H36Cl2FN5O5/c1-2-43-31-18-24(8-11-29(31)40(41)42)38-12-14-39(15-13-38)32(37-21-26-5-3-4-16-44-26)36-20-22-6-7-23(33)17-30(22)45-25-9-10-28(35)27(34)19-25/h6-11,17-19,26H,2-5,12-16,20-21H2,1H3,(H,36,37). The molecule has 0 aliphatic carbocycles. The second-order valence-electron chi connectivity index (χ2n) is 10.8. The van der Waals surface area contributed by atoms with Crippen LogP contribution in [-0.2, 0) is 11.3 Å². The maximum absolute atomic E-state index is 13.7. The van der Waals surface area contributed by atoms with Crippen molar-refractivity contribution in [2.75, 3.05) is 50.8 Å². The molecule has 0 amide bonds. The summed E-state index contributed by atoms with van der Waals surface area (Å²) in [4.78, 5) is 20.4. The van der Waals surface area contributed by atoms with Gasteiger partial charge in [0.05, 0.1) is 29.2 Å². The average Bonchev–Trinajstić information content (AvgIpc) is 3.04. The normalized spacial score (nSPS) is 17.2. The molecule has 3 aromatic carbocycles. The van der Waals surface area contributed by atoms with Crippen molar-refractivity contribution in [1.82, 2.24) is 10.2 Å². The molecule has 1 atom stereocenters. The van der Waals surface area contributed by atoms with Gasteiger partial charge in [-0.15, -0.1) is 0 Å². The third-order valence-electron chi connectivity index (χ3n) is 7.69. The average molecular weight is 661 g/mol. The summed E-state index contributed by atoms with van der Waals surface area (Å²) in [6.07, 6.45) is 3.31. The first-order valence-electron chi connectivity index (χ1n) is 15.0. The number of nitro groups is 1. The minimum absolute atomic E-state index is 0.0347. The smallest absolute Gasteiger partial charge is 0.311 e. The van der Waals surface area contributed by atoms with Crippen LogP contribution in [0.5, 0.6) is 17.2 Å². The molecule has 0 radical (unpaired) electrons. The first-order chi connectivity index (χ1) is 21.8. The van der Waals surface area contributed by atoms with Crippen LogP contribution >= 0.6 is 23.2 Å². The van der Waals surface area contributed by atoms with Gasteiger partial charge in [-0.3, -0.25) is 10.1 Å². The molecule has 3 aromatic rings. The highest BCUT2D eigenvalue weighted by Crippen LogP contribution is 2.33. The minimum atomic E-state index is -0.527. The van der Waals surface area contributed by atoms with Crippen molar-refractivity contribution in [2.45, 2.75) is 38.8 Å². The van der Waals surface area contributed by atoms with Gasteiger partial charge in [0.25, 0.3) is 0 Å². The van der Waals surface area contributed by atoms with Crippen LogP contribution in [0.3, 0.4) is 0 Å². The van der Waals surface area contributed by atoms with E-state index in [-0.39, 0.29) is 22.6 Å². The molecule has 2 saturated heterocycles. The van der Waals surface area contributed by atoms with E-state index in [2.05, 4.69) is 15.1 Å². The molecular weight excluding hydrogens is 624 g/mol. The van der Waals surface area contributed by atoms with E-state index in [1.165, 1.54) is 24.3 Å². The third-order valence-corrected chi connectivity index (χ3v) is 8.22. The second kappa shape index (κ2) is 15.5. The van der Waals surface area contributed by atoms with E-state index >= 15 is 0 Å². The van der Waals surface area contributed by atoms with E-state index in [0.717, 1.165) is 43.1 Å². The molecule has 2 aliphatic rings. The molecule has 1 N–H and O–H groups in total. The number of ether oxygens (including phenoxy) is 3. The molecule has 1 unspecified atom stereocenters. The Labute approximate surface area is 271 Å². The number of nitrogens with one attached hydrogen (secondary N) is 1. The fraction of sp³-hybridized carbons (Fsp3) is 0.406. The van der Waals surface area contributed by atoms with Crippen LogP contribution in [0.15, 0.2) is 59.6 Å². The molecule has 0 spiro atoms. The lowest BCUT2D eigenvalue weighted by atomic mass is 10.1. The van der Waals surface area contributed by atoms with Gasteiger partial charge in [-0.1, -0.05) is 29.3 Å². The maximum atomic E-state index is 13.7. The SMILES string of the molecule is CCOc1cc(N2CCN(C(=NCc3ccc(Cl)cc3Oc3ccc(F)c(Cl)c3)NCC3CCCCO3)CC2)ccc1[N+](=O)[O-]. The van der Waals surface area contributed by atoms with Gasteiger partial charge in [-0.25, -0.2) is 9.38 Å². The summed E-state index contributed by atoms with van der Waals surface area (Å²) in [7, 11) is 0. The molecular formula is C32H36Cl2FN5O5. The van der Waals surface area contributed by atoms with E-state index in [1.54, 1.807) is 31.2 Å². The predicted molar refractivity (Wildman–Crippen MR) is 174 cm³/mol. The Balaban J connectivity index is 1.32. The molecule has 2 aliphatic heterocycles. The quantitative estimate of drug-likeness (QED) is 0.107. The van der Waals surface area contributed by atoms with Gasteiger partial charge in [0.2, 0.25) is 0 Å². The van der Waals surface area contributed by atoms with Crippen LogP contribution in [0.4, 0.5) is 15.8 Å². The van der Waals surface area contributed by atoms with E-state index in [0.29, 0.717) is 62.4 Å². The molecule has 5 rings (SSSR count). The first kappa shape index (κ1) is 32.6. The molecule has 0 saturated carbocycles. The fourth-order valence-corrected chi connectivity index (χ4v) is 5.65. The van der Waals surface area contributed by atoms with E-state index < -0.39 is 10.7 Å². The molecule has 2 fully saturated rings. The van der Waals surface area contributed by atoms with Gasteiger partial charge in [0.15, 0.2) is 11.7 Å². The van der Waals surface area contributed by atoms with Gasteiger partial charge < -0.3 is 29.3 Å². The van der Waals surface area contributed by atoms with Crippen LogP contribution in [0, 0.1) is 15.9 Å². The lowest BCUT2D eigenvalue weighted by Crippen LogP contribution is -2.53. The van der Waals surface area contributed by atoms with Crippen molar-refractivity contribution < 1.29 is 23.5 Å². The molecule has 0 bridgehead atoms. The number of piperazine rings is 1. The summed E-state index contributed by atoms with van der Waals surface area (Å²) < 4.78 is 31.3. The molecule has 45 heavy (non-hydrogen) atoms. The molecule has 0 aromatic heterocycles. The summed E-state index contributed by atoms with van der Waals surface area (Å²) in [5, 5.41) is 15.4. The Bertz CT molecular complexity index is 1510. The Kier molecular flexibility index (Phi) is 11.2. The number of benzene rings is 3. The topological polar surface area (TPSA) is 102 Å². The number of hydrogen-bond donors (Lipinski definition) is 1. The zero-order valence-corrected chi connectivity index (χ0v) is 26.5. The molecule has 10 nitrogen and oxygen atoms in total. The Morgan fingerprint density at radius 1 is 1.09 bits per heavy atom. The van der Waals surface area contributed by atoms with Gasteiger partial charge in [0.1, 0.15) is 17.3 Å². The summed E-state index contributed by atoms with van der Waals surface area (Å²) in [5.74, 6) is 1.37. The van der Waals surface area contributed by atoms with E-state index in [9.17, 15) is 14.5 Å². The number of anilines is 1. The van der Waals surface area contributed by atoms with E-state index in [1.807, 2.05) is 6.07 Å². The number of guanidine groups is 1. The number of nitrogens with zero attached hydrogens (tertiary/aromatic N) is 4. The van der Waals surface area contributed by atoms with Crippen molar-refractivity contribution in [1.29, 1.82) is 0 Å². The maximum Gasteiger partial charge on any atom is 0.311 e. The first-order valence-corrected chi connectivity index (χ1v) is 15.8. The number of halogens is 3. The Morgan fingerprint density at radius 3 is 2.62 bits per heavy atom. The minimum Gasteiger partial charge on any atom is -0.487 e. The largest absolute Gasteiger partial charge is 0.487 e. The predicted octanol–water partition coefficient (Wildman–Crippen LogP) is 7.07. The summed E-state index contributed by atoms with van der Waals surface area (Å²) in [6.45, 7) is 6.56. The molecule has 2 heterocycles. The highest BCUT2D eigenvalue weighted by atomic mass is 35.5. The summed E-state index contributed by atoms with van der Waals surface area (Å²) in [5.41, 5.74) is 1.62. The van der Waals surface area contributed by atoms with Gasteiger partial charge >= 0.3 is 5.69 Å². The van der Waals surface area contributed by atoms with Crippen molar-refractivity contribution >= 4 is 40.5 Å². The van der Waals surface area contributed by atoms with Crippen molar-refractivity contribution in [3.8, 4) is 17.2 Å². The van der Waals surface area contributed by atoms with Crippen LogP contribution in [0.2, 0.25) is 10.0 Å². The number of nitro benzene ring substituents is 1. The summed E-state index contributed by atoms with van der Waals surface area (Å²) in [6, 6.07) is 14.5. The highest BCUT2D eigenvalue weighted by Gasteiger charge is 2.24. The number of hydrogen-bond acceptors (Lipinski definition) is 7. The Morgan fingerprint density at radius 2 is 1.91 bits per heavy atom. The summed E-state index contributed by atoms with van der Waals surface area (Å²) >= 11 is 12.3. The van der Waals surface area contributed by atoms with Crippen molar-refractivity contribution in [3.05, 3.63) is 86.1 Å². The van der Waals surface area contributed by atoms with Crippen molar-refractivity contribution in [3.63, 3.8) is 0 Å². The monoisotopic (exact) mass is 659 g/mol. The lowest BCUT2D eigenvalue weighted by molar-refractivity contribution is -0.385. The van der Waals surface area contributed by atoms with Gasteiger partial charge in [-0.2, -0.15) is 0 Å². The van der Waals surface area contributed by atoms with Gasteiger partial charge in [0, 0.05) is 73.8 Å². The second-order valence-corrected chi connectivity index (χ2v) is 11.6. The third kappa shape index (κ3) is 8.68. The zero-order chi connectivity index (χ0) is 31.8. The molecule has 13 heteroatoms. The number of aliphatic imine (C=N–C) groups is 1. The Hall–Kier alpha value is -3.80. The fourth-order valence-electron chi connectivity index (χ4n) is 5.32. The van der Waals surface area contributed by atoms with Crippen LogP contribution < -0.4 is 19.7 Å². The van der Waals surface area contributed by atoms with Crippen molar-refractivity contribution in [2.24, 2.45) is 4.99 Å². The van der Waals surface area contributed by atoms with Gasteiger partial charge in [-0.05, 0) is 56.5 Å². The lowest BCUT2D eigenvalue weighted by Gasteiger charge is -2.38. The van der Waals surface area contributed by atoms with Crippen LogP contribution in [0.25, 0.3) is 0 Å². The number of rotatable bonds is 10. The van der Waals surface area contributed by atoms with E-state index in [4.69, 9.17) is 42.4 Å². The highest BCUT2D eigenvalue weighted by molar-refractivity contribution is 6.31. The zero-order valence-electron chi connectivity index (χ0n) is 25.0.